The van der Waals surface area contributed by atoms with Gasteiger partial charge in [-0.1, -0.05) is 0 Å². The Kier molecular flexibility index (Phi) is 3.02. The molecule has 1 heterocycles. The van der Waals surface area contributed by atoms with Crippen LogP contribution in [-0.2, 0) is 6.61 Å². The summed E-state index contributed by atoms with van der Waals surface area (Å²) in [7, 11) is 0. The number of nitrogens with two attached hydrogens (primary N) is 1. The van der Waals surface area contributed by atoms with Gasteiger partial charge in [0.2, 0.25) is 5.89 Å². The van der Waals surface area contributed by atoms with Gasteiger partial charge in [-0.2, -0.15) is 0 Å². The molecule has 20 heavy (non-hydrogen) atoms. The van der Waals surface area contributed by atoms with Crippen LogP contribution in [0.4, 0.5) is 10.1 Å². The topological polar surface area (TPSA) is 61.3 Å². The van der Waals surface area contributed by atoms with E-state index in [0.29, 0.717) is 34.0 Å². The Morgan fingerprint density at radius 1 is 1.25 bits per heavy atom. The molecule has 0 saturated carbocycles. The molecule has 0 atom stereocenters. The van der Waals surface area contributed by atoms with Crippen molar-refractivity contribution in [3.05, 3.63) is 53.7 Å². The first-order chi connectivity index (χ1) is 9.61. The zero-order chi connectivity index (χ0) is 14.1. The Morgan fingerprint density at radius 2 is 2.10 bits per heavy atom. The molecule has 2 aromatic carbocycles. The molecule has 0 aliphatic rings. The van der Waals surface area contributed by atoms with E-state index in [-0.39, 0.29) is 12.4 Å². The van der Waals surface area contributed by atoms with Gasteiger partial charge < -0.3 is 14.9 Å². The number of fused-ring (bicyclic) bond motifs is 1. The smallest absolute Gasteiger partial charge is 0.233 e. The number of rotatable bonds is 3. The van der Waals surface area contributed by atoms with Crippen LogP contribution >= 0.6 is 0 Å². The van der Waals surface area contributed by atoms with Crippen molar-refractivity contribution >= 4 is 16.8 Å². The van der Waals surface area contributed by atoms with Crippen molar-refractivity contribution in [1.29, 1.82) is 0 Å². The minimum Gasteiger partial charge on any atom is -0.484 e. The van der Waals surface area contributed by atoms with Gasteiger partial charge in [0, 0.05) is 5.69 Å². The van der Waals surface area contributed by atoms with Gasteiger partial charge in [0.25, 0.3) is 0 Å². The Hall–Kier alpha value is -2.56. The molecule has 0 bridgehead atoms. The normalized spacial score (nSPS) is 10.9. The molecule has 0 unspecified atom stereocenters. The van der Waals surface area contributed by atoms with E-state index in [1.165, 1.54) is 6.07 Å². The zero-order valence-corrected chi connectivity index (χ0v) is 10.9. The SMILES string of the molecule is Cc1cc(OCc2nc3cc(N)ccc3o2)ccc1F. The molecule has 5 heteroatoms. The fourth-order valence-electron chi connectivity index (χ4n) is 1.91. The van der Waals surface area contributed by atoms with Crippen LogP contribution in [0, 0.1) is 12.7 Å². The zero-order valence-electron chi connectivity index (χ0n) is 10.9. The predicted molar refractivity (Wildman–Crippen MR) is 73.9 cm³/mol. The van der Waals surface area contributed by atoms with Crippen LogP contribution in [0.1, 0.15) is 11.5 Å². The van der Waals surface area contributed by atoms with Gasteiger partial charge in [-0.25, -0.2) is 9.37 Å². The second-order valence-electron chi connectivity index (χ2n) is 4.53. The van der Waals surface area contributed by atoms with Crippen LogP contribution in [0.2, 0.25) is 0 Å². The first kappa shape index (κ1) is 12.5. The van der Waals surface area contributed by atoms with Crippen LogP contribution in [-0.4, -0.2) is 4.98 Å². The highest BCUT2D eigenvalue weighted by Gasteiger charge is 2.07. The second-order valence-corrected chi connectivity index (χ2v) is 4.53. The highest BCUT2D eigenvalue weighted by atomic mass is 19.1. The first-order valence-electron chi connectivity index (χ1n) is 6.16. The quantitative estimate of drug-likeness (QED) is 0.742. The number of ether oxygens (including phenoxy) is 1. The van der Waals surface area contributed by atoms with Gasteiger partial charge >= 0.3 is 0 Å². The maximum atomic E-state index is 13.1. The largest absolute Gasteiger partial charge is 0.484 e. The molecule has 3 aromatic rings. The van der Waals surface area contributed by atoms with E-state index >= 15 is 0 Å². The average molecular weight is 272 g/mol. The van der Waals surface area contributed by atoms with E-state index in [2.05, 4.69) is 4.98 Å². The minimum absolute atomic E-state index is 0.180. The predicted octanol–water partition coefficient (Wildman–Crippen LogP) is 3.44. The molecule has 0 radical (unpaired) electrons. The summed E-state index contributed by atoms with van der Waals surface area (Å²) in [6.45, 7) is 1.87. The summed E-state index contributed by atoms with van der Waals surface area (Å²) in [6.07, 6.45) is 0. The van der Waals surface area contributed by atoms with Crippen molar-refractivity contribution in [1.82, 2.24) is 4.98 Å². The van der Waals surface area contributed by atoms with Crippen molar-refractivity contribution in [2.45, 2.75) is 13.5 Å². The van der Waals surface area contributed by atoms with Crippen LogP contribution in [0.3, 0.4) is 0 Å². The molecule has 0 spiro atoms. The average Bonchev–Trinajstić information content (AvgIpc) is 2.82. The molecular weight excluding hydrogens is 259 g/mol. The summed E-state index contributed by atoms with van der Waals surface area (Å²) >= 11 is 0. The van der Waals surface area contributed by atoms with Gasteiger partial charge in [-0.15, -0.1) is 0 Å². The van der Waals surface area contributed by atoms with Gasteiger partial charge in [-0.05, 0) is 48.9 Å². The Morgan fingerprint density at radius 3 is 2.90 bits per heavy atom. The van der Waals surface area contributed by atoms with E-state index in [1.54, 1.807) is 37.3 Å². The molecular formula is C15H13FN2O2. The van der Waals surface area contributed by atoms with Crippen molar-refractivity contribution in [3.8, 4) is 5.75 Å². The third-order valence-electron chi connectivity index (χ3n) is 2.95. The molecule has 2 N–H and O–H groups in total. The van der Waals surface area contributed by atoms with Gasteiger partial charge in [0.1, 0.15) is 17.1 Å². The second kappa shape index (κ2) is 4.85. The highest BCUT2D eigenvalue weighted by Crippen LogP contribution is 2.21. The molecule has 0 amide bonds. The van der Waals surface area contributed by atoms with Gasteiger partial charge in [0.05, 0.1) is 0 Å². The first-order valence-corrected chi connectivity index (χ1v) is 6.16. The number of aryl methyl sites for hydroxylation is 1. The van der Waals surface area contributed by atoms with Crippen molar-refractivity contribution in [2.75, 3.05) is 5.73 Å². The molecule has 1 aromatic heterocycles. The lowest BCUT2D eigenvalue weighted by Crippen LogP contribution is -1.96. The lowest BCUT2D eigenvalue weighted by Gasteiger charge is -2.04. The van der Waals surface area contributed by atoms with Crippen LogP contribution in [0.15, 0.2) is 40.8 Å². The van der Waals surface area contributed by atoms with Crippen LogP contribution in [0.5, 0.6) is 5.75 Å². The van der Waals surface area contributed by atoms with Crippen LogP contribution < -0.4 is 10.5 Å². The number of aromatic nitrogens is 1. The van der Waals surface area contributed by atoms with E-state index in [1.807, 2.05) is 0 Å². The third-order valence-corrected chi connectivity index (χ3v) is 2.95. The monoisotopic (exact) mass is 272 g/mol. The van der Waals surface area contributed by atoms with E-state index in [4.69, 9.17) is 14.9 Å². The van der Waals surface area contributed by atoms with Crippen molar-refractivity contribution in [3.63, 3.8) is 0 Å². The fourth-order valence-corrected chi connectivity index (χ4v) is 1.91. The number of halogens is 1. The molecule has 102 valence electrons. The lowest BCUT2D eigenvalue weighted by atomic mass is 10.2. The Labute approximate surface area is 115 Å². The number of benzene rings is 2. The molecule has 4 nitrogen and oxygen atoms in total. The summed E-state index contributed by atoms with van der Waals surface area (Å²) in [5.74, 6) is 0.771. The number of hydrogen-bond donors (Lipinski definition) is 1. The van der Waals surface area contributed by atoms with Gasteiger partial charge in [-0.3, -0.25) is 0 Å². The lowest BCUT2D eigenvalue weighted by molar-refractivity contribution is 0.266. The summed E-state index contributed by atoms with van der Waals surface area (Å²) in [5, 5.41) is 0. The summed E-state index contributed by atoms with van der Waals surface area (Å²) in [6, 6.07) is 9.84. The number of anilines is 1. The molecule has 0 aliphatic carbocycles. The number of nitrogens with zero attached hydrogens (tertiary/aromatic N) is 1. The molecule has 0 aliphatic heterocycles. The summed E-state index contributed by atoms with van der Waals surface area (Å²) in [5.41, 5.74) is 8.20. The van der Waals surface area contributed by atoms with Crippen LogP contribution in [0.25, 0.3) is 11.1 Å². The standard InChI is InChI=1S/C15H13FN2O2/c1-9-6-11(3-4-12(9)16)19-8-15-18-13-7-10(17)2-5-14(13)20-15/h2-7H,8,17H2,1H3. The molecule has 0 fully saturated rings. The van der Waals surface area contributed by atoms with Gasteiger partial charge in [0.15, 0.2) is 12.2 Å². The molecule has 0 saturated heterocycles. The third kappa shape index (κ3) is 2.42. The minimum atomic E-state index is -0.255. The van der Waals surface area contributed by atoms with Crippen molar-refractivity contribution in [2.24, 2.45) is 0 Å². The Bertz CT molecular complexity index is 768. The summed E-state index contributed by atoms with van der Waals surface area (Å²) in [4.78, 5) is 4.28. The summed E-state index contributed by atoms with van der Waals surface area (Å²) < 4.78 is 24.2. The van der Waals surface area contributed by atoms with E-state index in [9.17, 15) is 4.39 Å². The number of oxazole rings is 1. The number of nitrogen functional groups attached to an aromatic ring is 1. The fraction of sp³-hybridized carbons (Fsp3) is 0.133. The maximum Gasteiger partial charge on any atom is 0.233 e. The maximum absolute atomic E-state index is 13.1. The number of hydrogen-bond acceptors (Lipinski definition) is 4. The van der Waals surface area contributed by atoms with E-state index in [0.717, 1.165) is 0 Å². The van der Waals surface area contributed by atoms with E-state index < -0.39 is 0 Å². The highest BCUT2D eigenvalue weighted by molar-refractivity contribution is 5.76. The Balaban J connectivity index is 1.77. The molecule has 3 rings (SSSR count). The van der Waals surface area contributed by atoms with Crippen molar-refractivity contribution < 1.29 is 13.5 Å².